The molecule has 0 spiro atoms. The van der Waals surface area contributed by atoms with Gasteiger partial charge in [0.05, 0.1) is 21.2 Å². The van der Waals surface area contributed by atoms with Crippen LogP contribution in [0.1, 0.15) is 40.7 Å². The van der Waals surface area contributed by atoms with Crippen molar-refractivity contribution in [2.45, 2.75) is 30.9 Å². The molecule has 1 fully saturated rings. The summed E-state index contributed by atoms with van der Waals surface area (Å²) >= 11 is 12.1. The Morgan fingerprint density at radius 3 is 2.26 bits per heavy atom. The quantitative estimate of drug-likeness (QED) is 0.423. The SMILES string of the molecule is O=C(O)COC1(c2ccc(/C=C/CC(NC(=O)c3c(Cl)cccc3Cl)C(=O)O)cc2)CCOCC1. The monoisotopic (exact) mass is 521 g/mol. The second-order valence-electron chi connectivity index (χ2n) is 8.01. The zero-order valence-corrected chi connectivity index (χ0v) is 20.2. The molecule has 0 radical (unpaired) electrons. The molecule has 1 atom stereocenters. The summed E-state index contributed by atoms with van der Waals surface area (Å²) in [5.41, 5.74) is 0.955. The van der Waals surface area contributed by atoms with E-state index in [1.807, 2.05) is 24.3 Å². The second-order valence-corrected chi connectivity index (χ2v) is 8.82. The Labute approximate surface area is 212 Å². The van der Waals surface area contributed by atoms with Crippen molar-refractivity contribution in [1.82, 2.24) is 5.32 Å². The molecule has 10 heteroatoms. The van der Waals surface area contributed by atoms with Gasteiger partial charge in [0.2, 0.25) is 0 Å². The predicted molar refractivity (Wildman–Crippen MR) is 131 cm³/mol. The maximum Gasteiger partial charge on any atom is 0.329 e. The van der Waals surface area contributed by atoms with Crippen LogP contribution in [0, 0.1) is 0 Å². The lowest BCUT2D eigenvalue weighted by atomic mass is 9.85. The van der Waals surface area contributed by atoms with Crippen molar-refractivity contribution in [3.8, 4) is 0 Å². The number of ether oxygens (including phenoxy) is 2. The fraction of sp³-hybridized carbons (Fsp3) is 0.320. The molecule has 1 amide bonds. The van der Waals surface area contributed by atoms with Crippen molar-refractivity contribution in [1.29, 1.82) is 0 Å². The van der Waals surface area contributed by atoms with Crippen LogP contribution < -0.4 is 5.32 Å². The van der Waals surface area contributed by atoms with E-state index in [2.05, 4.69) is 5.32 Å². The Balaban J connectivity index is 1.67. The molecular formula is C25H25Cl2NO7. The fourth-order valence-electron chi connectivity index (χ4n) is 3.82. The van der Waals surface area contributed by atoms with Gasteiger partial charge in [0.15, 0.2) is 0 Å². The average Bonchev–Trinajstić information content (AvgIpc) is 2.83. The van der Waals surface area contributed by atoms with E-state index < -0.39 is 36.1 Å². The van der Waals surface area contributed by atoms with Crippen LogP contribution in [0.2, 0.25) is 10.0 Å². The zero-order chi connectivity index (χ0) is 25.4. The Morgan fingerprint density at radius 2 is 1.69 bits per heavy atom. The Kier molecular flexibility index (Phi) is 9.28. The smallest absolute Gasteiger partial charge is 0.329 e. The minimum absolute atomic E-state index is 0.0220. The van der Waals surface area contributed by atoms with Gasteiger partial charge >= 0.3 is 11.9 Å². The molecule has 1 unspecified atom stereocenters. The number of rotatable bonds is 10. The maximum absolute atomic E-state index is 12.5. The number of carboxylic acid groups (broad SMARTS) is 2. The highest BCUT2D eigenvalue weighted by molar-refractivity contribution is 6.39. The maximum atomic E-state index is 12.5. The number of carboxylic acids is 2. The topological polar surface area (TPSA) is 122 Å². The van der Waals surface area contributed by atoms with E-state index in [1.165, 1.54) is 12.1 Å². The molecule has 1 heterocycles. The van der Waals surface area contributed by atoms with Gasteiger partial charge in [-0.3, -0.25) is 4.79 Å². The van der Waals surface area contributed by atoms with Crippen molar-refractivity contribution in [3.05, 3.63) is 75.3 Å². The van der Waals surface area contributed by atoms with Gasteiger partial charge in [-0.1, -0.05) is 65.7 Å². The molecule has 186 valence electrons. The van der Waals surface area contributed by atoms with Gasteiger partial charge < -0.3 is 25.0 Å². The number of hydrogen-bond acceptors (Lipinski definition) is 5. The summed E-state index contributed by atoms with van der Waals surface area (Å²) in [6, 6.07) is 10.8. The van der Waals surface area contributed by atoms with Gasteiger partial charge in [0.25, 0.3) is 5.91 Å². The van der Waals surface area contributed by atoms with Crippen LogP contribution in [0.5, 0.6) is 0 Å². The number of nitrogens with one attached hydrogen (secondary N) is 1. The van der Waals surface area contributed by atoms with Gasteiger partial charge in [0, 0.05) is 26.1 Å². The summed E-state index contributed by atoms with van der Waals surface area (Å²) in [7, 11) is 0. The molecule has 1 aliphatic rings. The molecular weight excluding hydrogens is 497 g/mol. The van der Waals surface area contributed by atoms with E-state index in [4.69, 9.17) is 37.8 Å². The van der Waals surface area contributed by atoms with Crippen molar-refractivity contribution < 1.29 is 34.1 Å². The van der Waals surface area contributed by atoms with Crippen molar-refractivity contribution in [2.75, 3.05) is 19.8 Å². The van der Waals surface area contributed by atoms with E-state index in [-0.39, 0.29) is 22.0 Å². The lowest BCUT2D eigenvalue weighted by molar-refractivity contribution is -0.159. The molecule has 0 saturated carbocycles. The number of carbonyl (C=O) groups excluding carboxylic acids is 1. The number of aliphatic carboxylic acids is 2. The first-order valence-electron chi connectivity index (χ1n) is 10.9. The third-order valence-electron chi connectivity index (χ3n) is 5.68. The number of hydrogen-bond donors (Lipinski definition) is 3. The highest BCUT2D eigenvalue weighted by Crippen LogP contribution is 2.36. The normalized spacial score (nSPS) is 16.1. The Hall–Kier alpha value is -2.91. The molecule has 0 bridgehead atoms. The van der Waals surface area contributed by atoms with Crippen LogP contribution in [0.15, 0.2) is 48.5 Å². The molecule has 8 nitrogen and oxygen atoms in total. The zero-order valence-electron chi connectivity index (χ0n) is 18.7. The van der Waals surface area contributed by atoms with E-state index in [9.17, 15) is 19.5 Å². The highest BCUT2D eigenvalue weighted by Gasteiger charge is 2.36. The van der Waals surface area contributed by atoms with Crippen molar-refractivity contribution >= 4 is 47.1 Å². The minimum Gasteiger partial charge on any atom is -0.480 e. The molecule has 1 aliphatic heterocycles. The number of halogens is 2. The molecule has 3 rings (SSSR count). The third-order valence-corrected chi connectivity index (χ3v) is 6.31. The van der Waals surface area contributed by atoms with E-state index in [0.29, 0.717) is 26.1 Å². The molecule has 2 aromatic rings. The lowest BCUT2D eigenvalue weighted by Crippen LogP contribution is -2.40. The van der Waals surface area contributed by atoms with Crippen LogP contribution in [-0.2, 0) is 24.7 Å². The van der Waals surface area contributed by atoms with E-state index >= 15 is 0 Å². The molecule has 2 aromatic carbocycles. The van der Waals surface area contributed by atoms with Gasteiger partial charge in [-0.2, -0.15) is 0 Å². The highest BCUT2D eigenvalue weighted by atomic mass is 35.5. The van der Waals surface area contributed by atoms with Crippen LogP contribution >= 0.6 is 23.2 Å². The molecule has 35 heavy (non-hydrogen) atoms. The first-order valence-corrected chi connectivity index (χ1v) is 11.7. The first-order chi connectivity index (χ1) is 16.7. The van der Waals surface area contributed by atoms with Crippen LogP contribution in [0.4, 0.5) is 0 Å². The predicted octanol–water partition coefficient (Wildman–Crippen LogP) is 4.39. The first kappa shape index (κ1) is 26.7. The summed E-state index contributed by atoms with van der Waals surface area (Å²) < 4.78 is 11.2. The number of amides is 1. The van der Waals surface area contributed by atoms with Crippen molar-refractivity contribution in [2.24, 2.45) is 0 Å². The summed E-state index contributed by atoms with van der Waals surface area (Å²) in [6.07, 6.45) is 4.51. The summed E-state index contributed by atoms with van der Waals surface area (Å²) in [4.78, 5) is 35.2. The van der Waals surface area contributed by atoms with E-state index in [1.54, 1.807) is 18.2 Å². The fourth-order valence-corrected chi connectivity index (χ4v) is 4.39. The van der Waals surface area contributed by atoms with Crippen LogP contribution in [0.3, 0.4) is 0 Å². The standard InChI is InChI=1S/C25H25Cl2NO7/c26-18-4-2-5-19(27)22(18)23(31)28-20(24(32)33)6-1-3-16-7-9-17(10-8-16)25(35-15-21(29)30)11-13-34-14-12-25/h1-5,7-10,20H,6,11-15H2,(H,28,31)(H,29,30)(H,32,33)/b3-1+. The van der Waals surface area contributed by atoms with Gasteiger partial charge in [-0.05, 0) is 29.7 Å². The summed E-state index contributed by atoms with van der Waals surface area (Å²) in [5, 5.41) is 21.3. The minimum atomic E-state index is -1.20. The van der Waals surface area contributed by atoms with Gasteiger partial charge in [0.1, 0.15) is 12.6 Å². The van der Waals surface area contributed by atoms with E-state index in [0.717, 1.165) is 11.1 Å². The second kappa shape index (κ2) is 12.2. The average molecular weight is 522 g/mol. The summed E-state index contributed by atoms with van der Waals surface area (Å²) in [6.45, 7) is 0.551. The Bertz CT molecular complexity index is 1080. The van der Waals surface area contributed by atoms with Gasteiger partial charge in [-0.15, -0.1) is 0 Å². The Morgan fingerprint density at radius 1 is 1.06 bits per heavy atom. The molecule has 0 aliphatic carbocycles. The lowest BCUT2D eigenvalue weighted by Gasteiger charge is -2.37. The third kappa shape index (κ3) is 7.05. The number of carbonyl (C=O) groups is 3. The van der Waals surface area contributed by atoms with Gasteiger partial charge in [-0.25, -0.2) is 9.59 Å². The largest absolute Gasteiger partial charge is 0.480 e. The van der Waals surface area contributed by atoms with Crippen LogP contribution in [0.25, 0.3) is 6.08 Å². The summed E-state index contributed by atoms with van der Waals surface area (Å²) in [5.74, 6) is -2.90. The molecule has 1 saturated heterocycles. The van der Waals surface area contributed by atoms with Crippen molar-refractivity contribution in [3.63, 3.8) is 0 Å². The number of benzene rings is 2. The van der Waals surface area contributed by atoms with Crippen LogP contribution in [-0.4, -0.2) is 53.9 Å². The molecule has 0 aromatic heterocycles. The molecule has 3 N–H and O–H groups in total.